The molecule has 3 rings (SSSR count). The van der Waals surface area contributed by atoms with Crippen LogP contribution in [0.25, 0.3) is 0 Å². The predicted molar refractivity (Wildman–Crippen MR) is 75.3 cm³/mol. The topological polar surface area (TPSA) is 53.0 Å². The summed E-state index contributed by atoms with van der Waals surface area (Å²) in [5.41, 5.74) is 0.197. The zero-order valence-electron chi connectivity index (χ0n) is 12.4. The minimum Gasteiger partial charge on any atom is -0.393 e. The molecular weight excluding hydrogens is 256 g/mol. The molecule has 5 nitrogen and oxygen atoms in total. The number of morpholine rings is 1. The Bertz CT molecular complexity index is 370. The van der Waals surface area contributed by atoms with Gasteiger partial charge in [-0.05, 0) is 37.6 Å². The van der Waals surface area contributed by atoms with E-state index in [9.17, 15) is 9.90 Å². The molecule has 2 saturated heterocycles. The quantitative estimate of drug-likeness (QED) is 0.800. The summed E-state index contributed by atoms with van der Waals surface area (Å²) < 4.78 is 5.30. The van der Waals surface area contributed by atoms with Crippen LogP contribution in [0, 0.1) is 5.41 Å². The molecule has 0 unspecified atom stereocenters. The van der Waals surface area contributed by atoms with Crippen LogP contribution >= 0.6 is 0 Å². The number of aliphatic hydroxyl groups excluding tert-OH is 1. The van der Waals surface area contributed by atoms with Crippen molar-refractivity contribution in [3.63, 3.8) is 0 Å². The molecule has 1 N–H and O–H groups in total. The number of carbonyl (C=O) groups excluding carboxylic acids is 1. The number of likely N-dealkylation sites (tertiary alicyclic amines) is 1. The fraction of sp³-hybridized carbons (Fsp3) is 0.933. The molecule has 0 spiro atoms. The Kier molecular flexibility index (Phi) is 4.02. The molecule has 114 valence electrons. The monoisotopic (exact) mass is 282 g/mol. The van der Waals surface area contributed by atoms with Crippen molar-refractivity contribution in [1.82, 2.24) is 9.80 Å². The van der Waals surface area contributed by atoms with Crippen molar-refractivity contribution in [2.45, 2.75) is 44.8 Å². The first kappa shape index (κ1) is 14.3. The molecule has 3 atom stereocenters. The van der Waals surface area contributed by atoms with Crippen molar-refractivity contribution in [2.24, 2.45) is 5.41 Å². The molecule has 0 aromatic rings. The van der Waals surface area contributed by atoms with Crippen LogP contribution in [0.2, 0.25) is 0 Å². The van der Waals surface area contributed by atoms with Gasteiger partial charge in [0.1, 0.15) is 0 Å². The Morgan fingerprint density at radius 3 is 2.80 bits per heavy atom. The number of aliphatic hydroxyl groups is 1. The average Bonchev–Trinajstić information content (AvgIpc) is 2.75. The van der Waals surface area contributed by atoms with Gasteiger partial charge in [-0.3, -0.25) is 9.69 Å². The molecule has 2 aliphatic heterocycles. The van der Waals surface area contributed by atoms with Gasteiger partial charge in [0.05, 0.1) is 25.9 Å². The smallest absolute Gasteiger partial charge is 0.236 e. The molecule has 2 heterocycles. The van der Waals surface area contributed by atoms with E-state index >= 15 is 0 Å². The summed E-state index contributed by atoms with van der Waals surface area (Å²) in [6, 6.07) is 0.468. The van der Waals surface area contributed by atoms with E-state index in [-0.39, 0.29) is 17.4 Å². The Hall–Kier alpha value is -0.650. The highest BCUT2D eigenvalue weighted by Crippen LogP contribution is 2.46. The number of nitrogens with zero attached hydrogens (tertiary/aromatic N) is 2. The maximum absolute atomic E-state index is 12.4. The summed E-state index contributed by atoms with van der Waals surface area (Å²) in [7, 11) is 0. The fourth-order valence-electron chi connectivity index (χ4n) is 4.20. The molecule has 0 radical (unpaired) electrons. The number of rotatable bonds is 2. The predicted octanol–water partition coefficient (Wildman–Crippen LogP) is 0.471. The van der Waals surface area contributed by atoms with E-state index in [1.54, 1.807) is 0 Å². The van der Waals surface area contributed by atoms with Crippen LogP contribution in [0.5, 0.6) is 0 Å². The van der Waals surface area contributed by atoms with E-state index in [0.29, 0.717) is 25.8 Å². The number of fused-ring (bicyclic) bond motifs is 1. The summed E-state index contributed by atoms with van der Waals surface area (Å²) in [5, 5.41) is 9.89. The Labute approximate surface area is 120 Å². The first-order valence-electron chi connectivity index (χ1n) is 7.86. The molecule has 3 fully saturated rings. The average molecular weight is 282 g/mol. The summed E-state index contributed by atoms with van der Waals surface area (Å²) in [5.74, 6) is 0.240. The van der Waals surface area contributed by atoms with E-state index in [2.05, 4.69) is 11.8 Å². The molecule has 5 heteroatoms. The van der Waals surface area contributed by atoms with Gasteiger partial charge in [-0.1, -0.05) is 6.92 Å². The van der Waals surface area contributed by atoms with Crippen LogP contribution in [-0.2, 0) is 9.53 Å². The lowest BCUT2D eigenvalue weighted by Gasteiger charge is -2.41. The third-order valence-electron chi connectivity index (χ3n) is 5.39. The zero-order valence-corrected chi connectivity index (χ0v) is 12.4. The van der Waals surface area contributed by atoms with Crippen molar-refractivity contribution in [3.8, 4) is 0 Å². The van der Waals surface area contributed by atoms with Gasteiger partial charge in [0, 0.05) is 19.1 Å². The van der Waals surface area contributed by atoms with Gasteiger partial charge in [-0.2, -0.15) is 0 Å². The van der Waals surface area contributed by atoms with Gasteiger partial charge in [0.15, 0.2) is 0 Å². The minimum absolute atomic E-state index is 0.147. The van der Waals surface area contributed by atoms with E-state index in [4.69, 9.17) is 4.74 Å². The largest absolute Gasteiger partial charge is 0.393 e. The van der Waals surface area contributed by atoms with Gasteiger partial charge in [0.25, 0.3) is 0 Å². The highest BCUT2D eigenvalue weighted by molar-refractivity contribution is 5.78. The van der Waals surface area contributed by atoms with Crippen molar-refractivity contribution in [2.75, 3.05) is 39.4 Å². The molecule has 0 bridgehead atoms. The summed E-state index contributed by atoms with van der Waals surface area (Å²) in [6.45, 7) is 6.60. The molecule has 20 heavy (non-hydrogen) atoms. The fourth-order valence-corrected chi connectivity index (χ4v) is 4.20. The maximum atomic E-state index is 12.4. The highest BCUT2D eigenvalue weighted by Gasteiger charge is 2.47. The third kappa shape index (κ3) is 2.71. The van der Waals surface area contributed by atoms with Crippen LogP contribution in [0.3, 0.4) is 0 Å². The molecule has 0 aromatic heterocycles. The second-order valence-corrected chi connectivity index (χ2v) is 6.82. The second kappa shape index (κ2) is 5.62. The molecule has 1 saturated carbocycles. The van der Waals surface area contributed by atoms with E-state index < -0.39 is 0 Å². The minimum atomic E-state index is -0.147. The molecular formula is C15H26N2O3. The Morgan fingerprint density at radius 1 is 1.30 bits per heavy atom. The molecule has 1 amide bonds. The maximum Gasteiger partial charge on any atom is 0.236 e. The lowest BCUT2D eigenvalue weighted by Crippen LogP contribution is -2.49. The lowest BCUT2D eigenvalue weighted by molar-refractivity contribution is -0.137. The van der Waals surface area contributed by atoms with Crippen molar-refractivity contribution < 1.29 is 14.6 Å². The third-order valence-corrected chi connectivity index (χ3v) is 5.39. The normalized spacial score (nSPS) is 38.8. The van der Waals surface area contributed by atoms with Crippen molar-refractivity contribution >= 4 is 5.91 Å². The number of carbonyl (C=O) groups is 1. The number of hydrogen-bond acceptors (Lipinski definition) is 4. The number of ether oxygens (including phenoxy) is 1. The zero-order chi connectivity index (χ0) is 14.2. The molecule has 0 aromatic carbocycles. The van der Waals surface area contributed by atoms with Gasteiger partial charge in [-0.15, -0.1) is 0 Å². The van der Waals surface area contributed by atoms with Crippen molar-refractivity contribution in [1.29, 1.82) is 0 Å². The second-order valence-electron chi connectivity index (χ2n) is 6.82. The Balaban J connectivity index is 1.59. The first-order valence-corrected chi connectivity index (χ1v) is 7.86. The summed E-state index contributed by atoms with van der Waals surface area (Å²) >= 11 is 0. The first-order chi connectivity index (χ1) is 9.58. The van der Waals surface area contributed by atoms with Gasteiger partial charge in [-0.25, -0.2) is 0 Å². The standard InChI is InChI=1S/C15H26N2O3/c1-15-4-5-17(13(15)3-2-12(18)10-15)11-14(19)16-6-8-20-9-7-16/h12-13,18H,2-11H2,1H3/t12-,13-,15+/m1/s1. The summed E-state index contributed by atoms with van der Waals surface area (Å²) in [6.07, 6.45) is 3.74. The highest BCUT2D eigenvalue weighted by atomic mass is 16.5. The van der Waals surface area contributed by atoms with Crippen LogP contribution in [0.15, 0.2) is 0 Å². The van der Waals surface area contributed by atoms with E-state index in [1.165, 1.54) is 0 Å². The van der Waals surface area contributed by atoms with Crippen LogP contribution in [0.4, 0.5) is 0 Å². The van der Waals surface area contributed by atoms with Gasteiger partial charge < -0.3 is 14.7 Å². The van der Waals surface area contributed by atoms with Gasteiger partial charge in [0.2, 0.25) is 5.91 Å². The summed E-state index contributed by atoms with van der Waals surface area (Å²) in [4.78, 5) is 16.7. The van der Waals surface area contributed by atoms with E-state index in [1.807, 2.05) is 4.90 Å². The number of amides is 1. The van der Waals surface area contributed by atoms with E-state index in [0.717, 1.165) is 45.3 Å². The molecule has 1 aliphatic carbocycles. The van der Waals surface area contributed by atoms with Crippen LogP contribution < -0.4 is 0 Å². The lowest BCUT2D eigenvalue weighted by atomic mass is 9.71. The number of hydrogen-bond donors (Lipinski definition) is 1. The van der Waals surface area contributed by atoms with Crippen LogP contribution in [-0.4, -0.2) is 72.4 Å². The SMILES string of the molecule is C[C@@]12CCN(CC(=O)N3CCOCC3)[C@@H]1CC[C@@H](O)C2. The van der Waals surface area contributed by atoms with Gasteiger partial charge >= 0.3 is 0 Å². The Morgan fingerprint density at radius 2 is 2.05 bits per heavy atom. The van der Waals surface area contributed by atoms with Crippen LogP contribution in [0.1, 0.15) is 32.6 Å². The molecule has 3 aliphatic rings. The van der Waals surface area contributed by atoms with Crippen molar-refractivity contribution in [3.05, 3.63) is 0 Å².